The van der Waals surface area contributed by atoms with Crippen LogP contribution in [0.2, 0.25) is 5.28 Å². The number of hydrogen-bond acceptors (Lipinski definition) is 4. The molecule has 0 N–H and O–H groups in total. The maximum Gasteiger partial charge on any atom is 0.226 e. The minimum absolute atomic E-state index is 0.156. The summed E-state index contributed by atoms with van der Waals surface area (Å²) in [6.45, 7) is 0. The number of fused-ring (bicyclic) bond motifs is 3. The molecule has 0 aliphatic rings. The number of benzene rings is 4. The SMILES string of the molecule is Clc1nc(-c2ccccc2)nc(-c2cccc3oc4ccc(-c5ccccc5)cc4c23)n1. The van der Waals surface area contributed by atoms with E-state index in [0.29, 0.717) is 11.6 Å². The van der Waals surface area contributed by atoms with E-state index in [-0.39, 0.29) is 5.28 Å². The van der Waals surface area contributed by atoms with Gasteiger partial charge in [0.25, 0.3) is 0 Å². The van der Waals surface area contributed by atoms with Crippen LogP contribution in [-0.4, -0.2) is 15.0 Å². The fourth-order valence-electron chi connectivity index (χ4n) is 4.01. The number of rotatable bonds is 3. The highest BCUT2D eigenvalue weighted by Gasteiger charge is 2.17. The topological polar surface area (TPSA) is 51.8 Å². The van der Waals surface area contributed by atoms with Gasteiger partial charge in [0.2, 0.25) is 5.28 Å². The molecule has 0 aliphatic carbocycles. The highest BCUT2D eigenvalue weighted by atomic mass is 35.5. The van der Waals surface area contributed by atoms with Gasteiger partial charge in [-0.3, -0.25) is 0 Å². The molecule has 4 nitrogen and oxygen atoms in total. The van der Waals surface area contributed by atoms with E-state index in [1.807, 2.05) is 72.8 Å². The summed E-state index contributed by atoms with van der Waals surface area (Å²) in [6, 6.07) is 32.2. The third-order valence-corrected chi connectivity index (χ3v) is 5.65. The Hall–Kier alpha value is -4.02. The molecule has 0 bridgehead atoms. The number of aromatic nitrogens is 3. The largest absolute Gasteiger partial charge is 0.456 e. The Labute approximate surface area is 189 Å². The summed E-state index contributed by atoms with van der Waals surface area (Å²) < 4.78 is 6.15. The molecule has 0 saturated carbocycles. The van der Waals surface area contributed by atoms with Crippen LogP contribution in [-0.2, 0) is 0 Å². The molecule has 152 valence electrons. The number of halogens is 1. The summed E-state index contributed by atoms with van der Waals surface area (Å²) in [7, 11) is 0. The summed E-state index contributed by atoms with van der Waals surface area (Å²) in [4.78, 5) is 13.5. The Balaban J connectivity index is 1.59. The lowest BCUT2D eigenvalue weighted by atomic mass is 10.0. The molecule has 5 heteroatoms. The van der Waals surface area contributed by atoms with Crippen molar-refractivity contribution in [1.82, 2.24) is 15.0 Å². The molecule has 6 aromatic rings. The van der Waals surface area contributed by atoms with Gasteiger partial charge in [0.05, 0.1) is 0 Å². The molecule has 2 aromatic heterocycles. The average molecular weight is 434 g/mol. The van der Waals surface area contributed by atoms with Crippen LogP contribution in [0.15, 0.2) is 101 Å². The van der Waals surface area contributed by atoms with Crippen molar-refractivity contribution in [3.8, 4) is 33.9 Å². The van der Waals surface area contributed by atoms with Gasteiger partial charge in [-0.25, -0.2) is 4.98 Å². The molecular weight excluding hydrogens is 418 g/mol. The predicted molar refractivity (Wildman–Crippen MR) is 128 cm³/mol. The molecular formula is C27H16ClN3O. The van der Waals surface area contributed by atoms with Crippen molar-refractivity contribution in [1.29, 1.82) is 0 Å². The minimum Gasteiger partial charge on any atom is -0.456 e. The first-order chi connectivity index (χ1) is 15.8. The molecule has 0 atom stereocenters. The maximum atomic E-state index is 6.31. The molecule has 0 aliphatic heterocycles. The zero-order valence-corrected chi connectivity index (χ0v) is 17.6. The summed E-state index contributed by atoms with van der Waals surface area (Å²) >= 11 is 6.31. The zero-order chi connectivity index (χ0) is 21.5. The predicted octanol–water partition coefficient (Wildman–Crippen LogP) is 7.43. The van der Waals surface area contributed by atoms with E-state index < -0.39 is 0 Å². The lowest BCUT2D eigenvalue weighted by molar-refractivity contribution is 0.669. The van der Waals surface area contributed by atoms with Gasteiger partial charge in [-0.2, -0.15) is 9.97 Å². The Morgan fingerprint density at radius 3 is 2.06 bits per heavy atom. The second kappa shape index (κ2) is 7.59. The van der Waals surface area contributed by atoms with Crippen molar-refractivity contribution in [2.75, 3.05) is 0 Å². The van der Waals surface area contributed by atoms with Gasteiger partial charge in [0.15, 0.2) is 11.6 Å². The Kier molecular flexibility index (Phi) is 4.44. The molecule has 0 unspecified atom stereocenters. The van der Waals surface area contributed by atoms with E-state index >= 15 is 0 Å². The van der Waals surface area contributed by atoms with E-state index in [2.05, 4.69) is 34.2 Å². The van der Waals surface area contributed by atoms with Gasteiger partial charge in [0, 0.05) is 21.9 Å². The second-order valence-corrected chi connectivity index (χ2v) is 7.81. The highest BCUT2D eigenvalue weighted by molar-refractivity contribution is 6.28. The van der Waals surface area contributed by atoms with Crippen LogP contribution in [0, 0.1) is 0 Å². The van der Waals surface area contributed by atoms with Gasteiger partial charge in [-0.15, -0.1) is 0 Å². The van der Waals surface area contributed by atoms with Crippen molar-refractivity contribution >= 4 is 33.5 Å². The molecule has 0 spiro atoms. The van der Waals surface area contributed by atoms with Gasteiger partial charge in [-0.1, -0.05) is 78.9 Å². The third-order valence-electron chi connectivity index (χ3n) is 5.48. The Morgan fingerprint density at radius 2 is 1.28 bits per heavy atom. The number of nitrogens with zero attached hydrogens (tertiary/aromatic N) is 3. The van der Waals surface area contributed by atoms with Crippen molar-refractivity contribution in [3.63, 3.8) is 0 Å². The van der Waals surface area contributed by atoms with Gasteiger partial charge < -0.3 is 4.42 Å². The first kappa shape index (κ1) is 18.7. The van der Waals surface area contributed by atoms with E-state index in [4.69, 9.17) is 21.0 Å². The van der Waals surface area contributed by atoms with Crippen LogP contribution in [0.5, 0.6) is 0 Å². The Bertz CT molecular complexity index is 1580. The highest BCUT2D eigenvalue weighted by Crippen LogP contribution is 2.37. The molecule has 0 radical (unpaired) electrons. The Morgan fingerprint density at radius 1 is 0.562 bits per heavy atom. The first-order valence-electron chi connectivity index (χ1n) is 10.2. The normalized spacial score (nSPS) is 11.3. The van der Waals surface area contributed by atoms with Crippen LogP contribution in [0.25, 0.3) is 55.8 Å². The quantitative estimate of drug-likeness (QED) is 0.291. The van der Waals surface area contributed by atoms with Crippen molar-refractivity contribution < 1.29 is 4.42 Å². The lowest BCUT2D eigenvalue weighted by Gasteiger charge is -2.06. The molecule has 32 heavy (non-hydrogen) atoms. The zero-order valence-electron chi connectivity index (χ0n) is 16.9. The summed E-state index contributed by atoms with van der Waals surface area (Å²) in [5.74, 6) is 1.05. The maximum absolute atomic E-state index is 6.31. The standard InChI is InChI=1S/C27H16ClN3O/c28-27-30-25(18-10-5-2-6-11-18)29-26(31-27)20-12-7-13-23-24(20)21-16-19(14-15-22(21)32-23)17-8-3-1-4-9-17/h1-16H. The van der Waals surface area contributed by atoms with Crippen LogP contribution in [0.4, 0.5) is 0 Å². The summed E-state index contributed by atoms with van der Waals surface area (Å²) in [5.41, 5.74) is 5.60. The molecule has 4 aromatic carbocycles. The van der Waals surface area contributed by atoms with Gasteiger partial charge in [-0.05, 0) is 40.9 Å². The van der Waals surface area contributed by atoms with Gasteiger partial charge in [0.1, 0.15) is 11.2 Å². The summed E-state index contributed by atoms with van der Waals surface area (Å²) in [6.07, 6.45) is 0. The van der Waals surface area contributed by atoms with Crippen molar-refractivity contribution in [2.24, 2.45) is 0 Å². The van der Waals surface area contributed by atoms with Crippen LogP contribution < -0.4 is 0 Å². The minimum atomic E-state index is 0.156. The van der Waals surface area contributed by atoms with Crippen LogP contribution >= 0.6 is 11.6 Å². The molecule has 0 amide bonds. The van der Waals surface area contributed by atoms with E-state index in [1.165, 1.54) is 0 Å². The van der Waals surface area contributed by atoms with Crippen molar-refractivity contribution in [2.45, 2.75) is 0 Å². The number of furan rings is 1. The molecule has 0 fully saturated rings. The van der Waals surface area contributed by atoms with E-state index in [9.17, 15) is 0 Å². The van der Waals surface area contributed by atoms with Crippen molar-refractivity contribution in [3.05, 3.63) is 102 Å². The fraction of sp³-hybridized carbons (Fsp3) is 0. The second-order valence-electron chi connectivity index (χ2n) is 7.48. The van der Waals surface area contributed by atoms with E-state index in [0.717, 1.165) is 44.2 Å². The average Bonchev–Trinajstić information content (AvgIpc) is 3.23. The lowest BCUT2D eigenvalue weighted by Crippen LogP contribution is -1.97. The van der Waals surface area contributed by atoms with Crippen LogP contribution in [0.3, 0.4) is 0 Å². The van der Waals surface area contributed by atoms with Gasteiger partial charge >= 0.3 is 0 Å². The monoisotopic (exact) mass is 433 g/mol. The fourth-order valence-corrected chi connectivity index (χ4v) is 4.17. The number of hydrogen-bond donors (Lipinski definition) is 0. The van der Waals surface area contributed by atoms with E-state index in [1.54, 1.807) is 0 Å². The molecule has 6 rings (SSSR count). The molecule has 0 saturated heterocycles. The third kappa shape index (κ3) is 3.22. The van der Waals surface area contributed by atoms with Crippen LogP contribution in [0.1, 0.15) is 0 Å². The molecule has 2 heterocycles. The smallest absolute Gasteiger partial charge is 0.226 e. The summed E-state index contributed by atoms with van der Waals surface area (Å²) in [5, 5.41) is 2.12. The first-order valence-corrected chi connectivity index (χ1v) is 10.6.